The summed E-state index contributed by atoms with van der Waals surface area (Å²) < 4.78 is 0. The zero-order valence-electron chi connectivity index (χ0n) is 8.97. The van der Waals surface area contributed by atoms with E-state index < -0.39 is 6.10 Å². The number of aliphatic hydroxyl groups excluding tert-OH is 1. The van der Waals surface area contributed by atoms with Crippen LogP contribution in [0.15, 0.2) is 48.8 Å². The summed E-state index contributed by atoms with van der Waals surface area (Å²) in [6.07, 6.45) is 2.42. The molecule has 1 unspecified atom stereocenters. The largest absolute Gasteiger partial charge is 0.376 e. The molecule has 3 heteroatoms. The summed E-state index contributed by atoms with van der Waals surface area (Å²) in [6.45, 7) is 0. The van der Waals surface area contributed by atoms with Crippen LogP contribution in [-0.4, -0.2) is 10.1 Å². The van der Waals surface area contributed by atoms with E-state index in [0.29, 0.717) is 10.6 Å². The van der Waals surface area contributed by atoms with E-state index in [-0.39, 0.29) is 0 Å². The highest BCUT2D eigenvalue weighted by Crippen LogP contribution is 2.12. The second-order valence-electron chi connectivity index (χ2n) is 3.47. The molecule has 0 radical (unpaired) electrons. The van der Waals surface area contributed by atoms with Gasteiger partial charge in [-0.25, -0.2) is 0 Å². The van der Waals surface area contributed by atoms with Crippen LogP contribution >= 0.6 is 11.6 Å². The summed E-state index contributed by atoms with van der Waals surface area (Å²) in [7, 11) is 0. The molecule has 1 aromatic carbocycles. The van der Waals surface area contributed by atoms with Crippen molar-refractivity contribution in [2.75, 3.05) is 0 Å². The first kappa shape index (κ1) is 11.7. The lowest BCUT2D eigenvalue weighted by molar-refractivity contribution is 0.238. The zero-order chi connectivity index (χ0) is 12.1. The molecule has 2 aromatic rings. The fraction of sp³-hybridized carbons (Fsp3) is 0.0714. The van der Waals surface area contributed by atoms with Gasteiger partial charge in [-0.3, -0.25) is 4.98 Å². The molecule has 0 saturated heterocycles. The van der Waals surface area contributed by atoms with Gasteiger partial charge in [0.1, 0.15) is 6.10 Å². The Hall–Kier alpha value is -1.82. The van der Waals surface area contributed by atoms with Crippen LogP contribution in [0.4, 0.5) is 0 Å². The van der Waals surface area contributed by atoms with E-state index >= 15 is 0 Å². The van der Waals surface area contributed by atoms with Crippen LogP contribution < -0.4 is 0 Å². The van der Waals surface area contributed by atoms with Crippen molar-refractivity contribution in [3.05, 3.63) is 64.9 Å². The molecule has 0 bridgehead atoms. The zero-order valence-corrected chi connectivity index (χ0v) is 9.72. The average molecular weight is 244 g/mol. The Bertz CT molecular complexity index is 557. The molecule has 2 nitrogen and oxygen atoms in total. The van der Waals surface area contributed by atoms with Gasteiger partial charge in [-0.1, -0.05) is 35.6 Å². The van der Waals surface area contributed by atoms with E-state index in [1.54, 1.807) is 36.7 Å². The van der Waals surface area contributed by atoms with Gasteiger partial charge >= 0.3 is 0 Å². The predicted octanol–water partition coefficient (Wildman–Crippen LogP) is 2.82. The summed E-state index contributed by atoms with van der Waals surface area (Å²) >= 11 is 5.84. The van der Waals surface area contributed by atoms with Gasteiger partial charge in [0, 0.05) is 28.5 Å². The van der Waals surface area contributed by atoms with Crippen molar-refractivity contribution in [1.82, 2.24) is 4.98 Å². The minimum Gasteiger partial charge on any atom is -0.376 e. The molecule has 0 amide bonds. The molecule has 2 rings (SSSR count). The molecule has 17 heavy (non-hydrogen) atoms. The van der Waals surface area contributed by atoms with Crippen LogP contribution in [0.3, 0.4) is 0 Å². The Labute approximate surface area is 105 Å². The molecule has 1 aromatic heterocycles. The Kier molecular flexibility index (Phi) is 3.77. The number of hydrogen-bond acceptors (Lipinski definition) is 2. The van der Waals surface area contributed by atoms with Crippen LogP contribution in [0.25, 0.3) is 0 Å². The minimum atomic E-state index is -0.831. The van der Waals surface area contributed by atoms with E-state index in [1.165, 1.54) is 0 Å². The van der Waals surface area contributed by atoms with Crippen molar-refractivity contribution in [2.24, 2.45) is 0 Å². The lowest BCUT2D eigenvalue weighted by atomic mass is 10.1. The fourth-order valence-corrected chi connectivity index (χ4v) is 1.53. The maximum absolute atomic E-state index is 9.80. The van der Waals surface area contributed by atoms with Gasteiger partial charge in [0.05, 0.1) is 0 Å². The van der Waals surface area contributed by atoms with Crippen molar-refractivity contribution < 1.29 is 5.11 Å². The topological polar surface area (TPSA) is 33.1 Å². The Morgan fingerprint density at radius 3 is 2.82 bits per heavy atom. The summed E-state index contributed by atoms with van der Waals surface area (Å²) in [5, 5.41) is 10.4. The third kappa shape index (κ3) is 3.32. The molecule has 0 saturated carbocycles. The summed E-state index contributed by atoms with van der Waals surface area (Å²) in [5.41, 5.74) is 1.46. The van der Waals surface area contributed by atoms with Crippen molar-refractivity contribution in [2.45, 2.75) is 6.10 Å². The van der Waals surface area contributed by atoms with Crippen LogP contribution in [0, 0.1) is 11.8 Å². The van der Waals surface area contributed by atoms with Crippen molar-refractivity contribution >= 4 is 11.6 Å². The van der Waals surface area contributed by atoms with Crippen molar-refractivity contribution in [3.8, 4) is 11.8 Å². The Balaban J connectivity index is 2.17. The molecule has 0 aliphatic carbocycles. The first-order chi connectivity index (χ1) is 8.25. The average Bonchev–Trinajstić information content (AvgIpc) is 2.37. The Morgan fingerprint density at radius 1 is 1.24 bits per heavy atom. The molecule has 0 fully saturated rings. The van der Waals surface area contributed by atoms with E-state index in [0.717, 1.165) is 5.56 Å². The Morgan fingerprint density at radius 2 is 2.12 bits per heavy atom. The van der Waals surface area contributed by atoms with Crippen LogP contribution in [0.5, 0.6) is 0 Å². The van der Waals surface area contributed by atoms with E-state index in [4.69, 9.17) is 11.6 Å². The normalized spacial score (nSPS) is 11.4. The monoisotopic (exact) mass is 243 g/mol. The summed E-state index contributed by atoms with van der Waals surface area (Å²) in [6, 6.07) is 10.7. The highest BCUT2D eigenvalue weighted by molar-refractivity contribution is 6.30. The minimum absolute atomic E-state index is 0.632. The third-order valence-corrected chi connectivity index (χ3v) is 2.41. The van der Waals surface area contributed by atoms with E-state index in [9.17, 15) is 5.11 Å². The predicted molar refractivity (Wildman–Crippen MR) is 67.5 cm³/mol. The maximum Gasteiger partial charge on any atom is 0.142 e. The number of aliphatic hydroxyl groups is 1. The second-order valence-corrected chi connectivity index (χ2v) is 3.91. The van der Waals surface area contributed by atoms with Gasteiger partial charge in [0.25, 0.3) is 0 Å². The first-order valence-corrected chi connectivity index (χ1v) is 5.48. The number of halogens is 1. The SMILES string of the molecule is OC(C#Cc1cccc(Cl)c1)c1cccnc1. The van der Waals surface area contributed by atoms with Gasteiger partial charge in [-0.2, -0.15) is 0 Å². The van der Waals surface area contributed by atoms with Gasteiger partial charge in [-0.15, -0.1) is 0 Å². The number of pyridine rings is 1. The van der Waals surface area contributed by atoms with E-state index in [1.807, 2.05) is 12.1 Å². The fourth-order valence-electron chi connectivity index (χ4n) is 1.34. The summed E-state index contributed by atoms with van der Waals surface area (Å²) in [5.74, 6) is 5.62. The summed E-state index contributed by atoms with van der Waals surface area (Å²) in [4.78, 5) is 3.93. The second kappa shape index (κ2) is 5.49. The maximum atomic E-state index is 9.80. The molecule has 0 aliphatic heterocycles. The molecular weight excluding hydrogens is 234 g/mol. The molecule has 84 valence electrons. The van der Waals surface area contributed by atoms with Crippen LogP contribution in [-0.2, 0) is 0 Å². The lowest BCUT2D eigenvalue weighted by Crippen LogP contribution is -1.93. The number of benzene rings is 1. The standard InChI is InChI=1S/C14H10ClNO/c15-13-5-1-3-11(9-13)6-7-14(17)12-4-2-8-16-10-12/h1-5,8-10,14,17H. The van der Waals surface area contributed by atoms with E-state index in [2.05, 4.69) is 16.8 Å². The van der Waals surface area contributed by atoms with Gasteiger partial charge in [-0.05, 0) is 24.3 Å². The highest BCUT2D eigenvalue weighted by Gasteiger charge is 2.01. The first-order valence-electron chi connectivity index (χ1n) is 5.11. The third-order valence-electron chi connectivity index (χ3n) is 2.18. The van der Waals surface area contributed by atoms with Gasteiger partial charge in [0.15, 0.2) is 0 Å². The molecule has 1 heterocycles. The molecule has 0 spiro atoms. The van der Waals surface area contributed by atoms with Gasteiger partial charge in [0.2, 0.25) is 0 Å². The molecule has 1 N–H and O–H groups in total. The highest BCUT2D eigenvalue weighted by atomic mass is 35.5. The number of aromatic nitrogens is 1. The number of hydrogen-bond donors (Lipinski definition) is 1. The van der Waals surface area contributed by atoms with Crippen LogP contribution in [0.1, 0.15) is 17.2 Å². The lowest BCUT2D eigenvalue weighted by Gasteiger charge is -2.01. The molecule has 1 atom stereocenters. The van der Waals surface area contributed by atoms with Crippen LogP contribution in [0.2, 0.25) is 5.02 Å². The van der Waals surface area contributed by atoms with Crippen molar-refractivity contribution in [1.29, 1.82) is 0 Å². The number of rotatable bonds is 1. The molecular formula is C14H10ClNO. The quantitative estimate of drug-likeness (QED) is 0.782. The molecule has 0 aliphatic rings. The van der Waals surface area contributed by atoms with Crippen molar-refractivity contribution in [3.63, 3.8) is 0 Å². The smallest absolute Gasteiger partial charge is 0.142 e. The number of nitrogens with zero attached hydrogens (tertiary/aromatic N) is 1. The van der Waals surface area contributed by atoms with Gasteiger partial charge < -0.3 is 5.11 Å².